The second-order valence-corrected chi connectivity index (χ2v) is 4.77. The number of hydrogen-bond acceptors (Lipinski definition) is 2. The Morgan fingerprint density at radius 2 is 1.89 bits per heavy atom. The molecule has 0 aliphatic heterocycles. The van der Waals surface area contributed by atoms with Crippen molar-refractivity contribution in [1.82, 2.24) is 0 Å². The first kappa shape index (κ1) is 12.6. The van der Waals surface area contributed by atoms with Gasteiger partial charge in [0.05, 0.1) is 5.57 Å². The molecule has 0 fully saturated rings. The molecule has 92 valence electrons. The van der Waals surface area contributed by atoms with Crippen LogP contribution < -0.4 is 4.74 Å². The van der Waals surface area contributed by atoms with Crippen LogP contribution in [0.3, 0.4) is 0 Å². The number of hydrogen-bond donors (Lipinski definition) is 1. The average molecular weight is 307 g/mol. The molecule has 0 saturated heterocycles. The Balaban J connectivity index is 2.18. The quantitative estimate of drug-likeness (QED) is 0.878. The van der Waals surface area contributed by atoms with Gasteiger partial charge in [0.15, 0.2) is 0 Å². The van der Waals surface area contributed by atoms with Gasteiger partial charge < -0.3 is 9.84 Å². The summed E-state index contributed by atoms with van der Waals surface area (Å²) in [6.07, 6.45) is 0. The van der Waals surface area contributed by atoms with E-state index in [4.69, 9.17) is 9.84 Å². The van der Waals surface area contributed by atoms with Crippen LogP contribution >= 0.6 is 15.9 Å². The number of carbonyl (C=O) groups is 1. The van der Waals surface area contributed by atoms with Crippen molar-refractivity contribution >= 4 is 32.7 Å². The fraction of sp³-hybridized carbons (Fsp3) is 0.0714. The number of carboxylic acids is 1. The predicted molar refractivity (Wildman–Crippen MR) is 73.9 cm³/mol. The average Bonchev–Trinajstić information content (AvgIpc) is 2.35. The molecule has 0 amide bonds. The molecule has 0 heterocycles. The molecule has 0 aromatic heterocycles. The highest BCUT2D eigenvalue weighted by Gasteiger charge is 2.05. The standard InChI is InChI=1S/C14H11BrO3/c1-9(14(16)17)8-18-13-5-3-10-6-12(15)4-2-11(10)7-13/h2-7H,1,8H2,(H,16,17). The van der Waals surface area contributed by atoms with Crippen LogP contribution in [0.5, 0.6) is 5.75 Å². The van der Waals surface area contributed by atoms with E-state index in [1.807, 2.05) is 36.4 Å². The minimum atomic E-state index is -1.04. The van der Waals surface area contributed by atoms with E-state index in [1.54, 1.807) is 0 Å². The molecule has 2 rings (SSSR count). The highest BCUT2D eigenvalue weighted by molar-refractivity contribution is 9.10. The summed E-state index contributed by atoms with van der Waals surface area (Å²) in [5.41, 5.74) is 0.0332. The molecule has 0 aliphatic carbocycles. The molecular formula is C14H11BrO3. The van der Waals surface area contributed by atoms with Gasteiger partial charge in [0.2, 0.25) is 0 Å². The van der Waals surface area contributed by atoms with Crippen LogP contribution in [0.15, 0.2) is 53.0 Å². The van der Waals surface area contributed by atoms with Crippen molar-refractivity contribution in [2.75, 3.05) is 6.61 Å². The number of ether oxygens (including phenoxy) is 1. The van der Waals surface area contributed by atoms with Gasteiger partial charge >= 0.3 is 5.97 Å². The maximum atomic E-state index is 10.6. The molecule has 4 heteroatoms. The first-order valence-corrected chi connectivity index (χ1v) is 6.09. The number of rotatable bonds is 4. The summed E-state index contributed by atoms with van der Waals surface area (Å²) in [5.74, 6) is -0.410. The summed E-state index contributed by atoms with van der Waals surface area (Å²) in [6, 6.07) is 11.5. The Hall–Kier alpha value is -1.81. The topological polar surface area (TPSA) is 46.5 Å². The van der Waals surface area contributed by atoms with Crippen molar-refractivity contribution in [1.29, 1.82) is 0 Å². The molecule has 0 saturated carbocycles. The Kier molecular flexibility index (Phi) is 3.67. The molecule has 0 unspecified atom stereocenters. The lowest BCUT2D eigenvalue weighted by Gasteiger charge is -2.07. The molecule has 0 radical (unpaired) electrons. The van der Waals surface area contributed by atoms with Crippen molar-refractivity contribution in [3.63, 3.8) is 0 Å². The second-order valence-electron chi connectivity index (χ2n) is 3.85. The van der Waals surface area contributed by atoms with Gasteiger partial charge in [-0.3, -0.25) is 0 Å². The lowest BCUT2D eigenvalue weighted by molar-refractivity contribution is -0.133. The zero-order valence-electron chi connectivity index (χ0n) is 9.52. The third-order valence-corrected chi connectivity index (χ3v) is 2.98. The Morgan fingerprint density at radius 1 is 1.22 bits per heavy atom. The first-order valence-electron chi connectivity index (χ1n) is 5.29. The van der Waals surface area contributed by atoms with Crippen molar-refractivity contribution in [3.05, 3.63) is 53.0 Å². The van der Waals surface area contributed by atoms with Gasteiger partial charge in [-0.15, -0.1) is 0 Å². The van der Waals surface area contributed by atoms with Crippen molar-refractivity contribution < 1.29 is 14.6 Å². The van der Waals surface area contributed by atoms with Gasteiger partial charge in [-0.25, -0.2) is 4.79 Å². The van der Waals surface area contributed by atoms with E-state index in [2.05, 4.69) is 22.5 Å². The molecule has 0 aliphatic rings. The molecule has 2 aromatic carbocycles. The van der Waals surface area contributed by atoms with Crippen LogP contribution in [0.2, 0.25) is 0 Å². The third kappa shape index (κ3) is 2.90. The van der Waals surface area contributed by atoms with Gasteiger partial charge in [0, 0.05) is 4.47 Å². The van der Waals surface area contributed by atoms with Gasteiger partial charge in [-0.1, -0.05) is 34.6 Å². The predicted octanol–water partition coefficient (Wildman–Crippen LogP) is 3.62. The van der Waals surface area contributed by atoms with E-state index in [1.165, 1.54) is 0 Å². The zero-order chi connectivity index (χ0) is 13.1. The normalized spacial score (nSPS) is 10.3. The van der Waals surface area contributed by atoms with E-state index >= 15 is 0 Å². The maximum Gasteiger partial charge on any atom is 0.334 e. The van der Waals surface area contributed by atoms with E-state index in [-0.39, 0.29) is 12.2 Å². The van der Waals surface area contributed by atoms with Gasteiger partial charge in [-0.2, -0.15) is 0 Å². The van der Waals surface area contributed by atoms with Crippen molar-refractivity contribution in [2.45, 2.75) is 0 Å². The Morgan fingerprint density at radius 3 is 2.61 bits per heavy atom. The van der Waals surface area contributed by atoms with E-state index in [0.717, 1.165) is 15.2 Å². The lowest BCUT2D eigenvalue weighted by Crippen LogP contribution is -2.08. The number of aliphatic carboxylic acids is 1. The van der Waals surface area contributed by atoms with Crippen molar-refractivity contribution in [3.8, 4) is 5.75 Å². The molecule has 2 aromatic rings. The zero-order valence-corrected chi connectivity index (χ0v) is 11.1. The molecule has 0 atom stereocenters. The maximum absolute atomic E-state index is 10.6. The van der Waals surface area contributed by atoms with E-state index in [9.17, 15) is 4.79 Å². The van der Waals surface area contributed by atoms with Crippen LogP contribution in [-0.2, 0) is 4.79 Å². The van der Waals surface area contributed by atoms with Crippen molar-refractivity contribution in [2.24, 2.45) is 0 Å². The molecular weight excluding hydrogens is 296 g/mol. The Bertz CT molecular complexity index is 619. The fourth-order valence-electron chi connectivity index (χ4n) is 1.52. The largest absolute Gasteiger partial charge is 0.489 e. The summed E-state index contributed by atoms with van der Waals surface area (Å²) < 4.78 is 6.39. The summed E-state index contributed by atoms with van der Waals surface area (Å²) >= 11 is 3.41. The van der Waals surface area contributed by atoms with Crippen LogP contribution in [-0.4, -0.2) is 17.7 Å². The minimum Gasteiger partial charge on any atom is -0.489 e. The van der Waals surface area contributed by atoms with E-state index in [0.29, 0.717) is 5.75 Å². The summed E-state index contributed by atoms with van der Waals surface area (Å²) in [7, 11) is 0. The van der Waals surface area contributed by atoms with Gasteiger partial charge in [0.25, 0.3) is 0 Å². The third-order valence-electron chi connectivity index (χ3n) is 2.49. The highest BCUT2D eigenvalue weighted by atomic mass is 79.9. The molecule has 3 nitrogen and oxygen atoms in total. The Labute approximate surface area is 113 Å². The molecule has 0 bridgehead atoms. The van der Waals surface area contributed by atoms with Crippen LogP contribution in [0, 0.1) is 0 Å². The molecule has 1 N–H and O–H groups in total. The lowest BCUT2D eigenvalue weighted by atomic mass is 10.1. The number of carboxylic acid groups (broad SMARTS) is 1. The highest BCUT2D eigenvalue weighted by Crippen LogP contribution is 2.24. The minimum absolute atomic E-state index is 0.0165. The fourth-order valence-corrected chi connectivity index (χ4v) is 1.90. The van der Waals surface area contributed by atoms with Gasteiger partial charge in [0.1, 0.15) is 12.4 Å². The molecule has 18 heavy (non-hydrogen) atoms. The number of benzene rings is 2. The number of halogens is 1. The first-order chi connectivity index (χ1) is 8.56. The summed E-state index contributed by atoms with van der Waals surface area (Å²) in [6.45, 7) is 3.40. The SMILES string of the molecule is C=C(COc1ccc2cc(Br)ccc2c1)C(=O)O. The smallest absolute Gasteiger partial charge is 0.334 e. The van der Waals surface area contributed by atoms with Crippen LogP contribution in [0.25, 0.3) is 10.8 Å². The van der Waals surface area contributed by atoms with Gasteiger partial charge in [-0.05, 0) is 35.0 Å². The number of fused-ring (bicyclic) bond motifs is 1. The van der Waals surface area contributed by atoms with E-state index < -0.39 is 5.97 Å². The monoisotopic (exact) mass is 306 g/mol. The van der Waals surface area contributed by atoms with Crippen LogP contribution in [0.1, 0.15) is 0 Å². The summed E-state index contributed by atoms with van der Waals surface area (Å²) in [5, 5.41) is 10.8. The van der Waals surface area contributed by atoms with Crippen LogP contribution in [0.4, 0.5) is 0 Å². The second kappa shape index (κ2) is 5.23. The molecule has 0 spiro atoms. The summed E-state index contributed by atoms with van der Waals surface area (Å²) in [4.78, 5) is 10.6.